The Hall–Kier alpha value is -0.900. The number of thiazole rings is 1. The van der Waals surface area contributed by atoms with Crippen molar-refractivity contribution in [2.75, 3.05) is 0 Å². The highest BCUT2D eigenvalue weighted by Gasteiger charge is 2.25. The number of nitrogens with zero attached hydrogens (tertiary/aromatic N) is 1. The van der Waals surface area contributed by atoms with Crippen LogP contribution in [-0.4, -0.2) is 16.1 Å². The monoisotopic (exact) mass is 267 g/mol. The first-order valence-electron chi connectivity index (χ1n) is 6.82. The third kappa shape index (κ3) is 2.91. The van der Waals surface area contributed by atoms with Crippen molar-refractivity contribution in [3.8, 4) is 0 Å². The zero-order valence-corrected chi connectivity index (χ0v) is 11.9. The van der Waals surface area contributed by atoms with Crippen molar-refractivity contribution in [1.29, 1.82) is 0 Å². The van der Waals surface area contributed by atoms with Crippen LogP contribution in [0.1, 0.15) is 71.7 Å². The minimum absolute atomic E-state index is 0.417. The van der Waals surface area contributed by atoms with E-state index in [0.29, 0.717) is 16.5 Å². The van der Waals surface area contributed by atoms with Crippen LogP contribution < -0.4 is 0 Å². The van der Waals surface area contributed by atoms with Crippen LogP contribution in [0.15, 0.2) is 0 Å². The van der Waals surface area contributed by atoms with E-state index in [-0.39, 0.29) is 0 Å². The van der Waals surface area contributed by atoms with E-state index >= 15 is 0 Å². The van der Waals surface area contributed by atoms with Gasteiger partial charge in [-0.3, -0.25) is 0 Å². The normalized spacial score (nSPS) is 24.1. The van der Waals surface area contributed by atoms with Crippen LogP contribution in [-0.2, 0) is 0 Å². The Kier molecular flexibility index (Phi) is 4.38. The van der Waals surface area contributed by atoms with Crippen LogP contribution in [0, 0.1) is 12.8 Å². The van der Waals surface area contributed by atoms with E-state index in [4.69, 9.17) is 5.11 Å². The lowest BCUT2D eigenvalue weighted by Gasteiger charge is -2.26. The van der Waals surface area contributed by atoms with Gasteiger partial charge in [-0.1, -0.05) is 19.8 Å². The van der Waals surface area contributed by atoms with Crippen molar-refractivity contribution in [1.82, 2.24) is 4.98 Å². The molecular weight excluding hydrogens is 246 g/mol. The SMILES string of the molecule is CCCC1CCC(c2nc(C)c(C(=O)O)s2)CC1. The Balaban J connectivity index is 2.01. The molecule has 1 aromatic heterocycles. The summed E-state index contributed by atoms with van der Waals surface area (Å²) in [5.41, 5.74) is 0.679. The molecule has 0 atom stereocenters. The van der Waals surface area contributed by atoms with Crippen molar-refractivity contribution < 1.29 is 9.90 Å². The fourth-order valence-corrected chi connectivity index (χ4v) is 3.97. The molecule has 0 aromatic carbocycles. The number of aromatic nitrogens is 1. The molecule has 2 rings (SSSR count). The molecule has 1 aliphatic rings. The minimum Gasteiger partial charge on any atom is -0.477 e. The van der Waals surface area contributed by atoms with Gasteiger partial charge in [0.25, 0.3) is 0 Å². The largest absolute Gasteiger partial charge is 0.477 e. The van der Waals surface area contributed by atoms with Gasteiger partial charge in [-0.25, -0.2) is 9.78 Å². The Morgan fingerprint density at radius 2 is 2.06 bits per heavy atom. The van der Waals surface area contributed by atoms with Crippen molar-refractivity contribution in [3.63, 3.8) is 0 Å². The van der Waals surface area contributed by atoms with Crippen LogP contribution in [0.4, 0.5) is 0 Å². The fraction of sp³-hybridized carbons (Fsp3) is 0.714. The van der Waals surface area contributed by atoms with Gasteiger partial charge in [0.1, 0.15) is 4.88 Å². The first kappa shape index (κ1) is 13.5. The number of hydrogen-bond donors (Lipinski definition) is 1. The second kappa shape index (κ2) is 5.83. The molecule has 1 fully saturated rings. The smallest absolute Gasteiger partial charge is 0.347 e. The second-order valence-corrected chi connectivity index (χ2v) is 6.31. The molecule has 0 radical (unpaired) electrons. The van der Waals surface area contributed by atoms with Crippen molar-refractivity contribution >= 4 is 17.3 Å². The lowest BCUT2D eigenvalue weighted by atomic mass is 9.80. The lowest BCUT2D eigenvalue weighted by Crippen LogP contribution is -2.13. The fourth-order valence-electron chi connectivity index (χ4n) is 2.90. The molecule has 1 saturated carbocycles. The highest BCUT2D eigenvalue weighted by atomic mass is 32.1. The number of carbonyl (C=O) groups is 1. The van der Waals surface area contributed by atoms with Gasteiger partial charge >= 0.3 is 5.97 Å². The predicted octanol–water partition coefficient (Wildman–Crippen LogP) is 4.22. The molecular formula is C14H21NO2S. The topological polar surface area (TPSA) is 50.2 Å². The lowest BCUT2D eigenvalue weighted by molar-refractivity contribution is 0.0701. The van der Waals surface area contributed by atoms with Gasteiger partial charge in [0, 0.05) is 5.92 Å². The molecule has 0 bridgehead atoms. The van der Waals surface area contributed by atoms with Crippen molar-refractivity contribution in [2.24, 2.45) is 5.92 Å². The van der Waals surface area contributed by atoms with E-state index in [1.54, 1.807) is 6.92 Å². The van der Waals surface area contributed by atoms with Gasteiger partial charge in [0.2, 0.25) is 0 Å². The number of hydrogen-bond acceptors (Lipinski definition) is 3. The molecule has 1 heterocycles. The van der Waals surface area contributed by atoms with E-state index in [1.807, 2.05) is 0 Å². The molecule has 3 nitrogen and oxygen atoms in total. The second-order valence-electron chi connectivity index (χ2n) is 5.28. The summed E-state index contributed by atoms with van der Waals surface area (Å²) in [5.74, 6) is 0.539. The molecule has 1 aliphatic carbocycles. The molecule has 0 amide bonds. The summed E-state index contributed by atoms with van der Waals surface area (Å²) in [7, 11) is 0. The summed E-state index contributed by atoms with van der Waals surface area (Å²) in [4.78, 5) is 15.9. The average Bonchev–Trinajstić information content (AvgIpc) is 2.73. The van der Waals surface area contributed by atoms with E-state index in [2.05, 4.69) is 11.9 Å². The number of aryl methyl sites for hydroxylation is 1. The van der Waals surface area contributed by atoms with Crippen LogP contribution in [0.2, 0.25) is 0 Å². The molecule has 0 unspecified atom stereocenters. The number of carboxylic acids is 1. The maximum absolute atomic E-state index is 11.0. The standard InChI is InChI=1S/C14H21NO2S/c1-3-4-10-5-7-11(8-6-10)13-15-9(2)12(18-13)14(16)17/h10-11H,3-8H2,1-2H3,(H,16,17). The number of aromatic carboxylic acids is 1. The summed E-state index contributed by atoms with van der Waals surface area (Å²) in [6.45, 7) is 4.04. The molecule has 0 aliphatic heterocycles. The van der Waals surface area contributed by atoms with Crippen LogP contribution >= 0.6 is 11.3 Å². The quantitative estimate of drug-likeness (QED) is 0.888. The van der Waals surface area contributed by atoms with Crippen LogP contribution in [0.3, 0.4) is 0 Å². The van der Waals surface area contributed by atoms with Gasteiger partial charge < -0.3 is 5.11 Å². The van der Waals surface area contributed by atoms with Gasteiger partial charge in [-0.2, -0.15) is 0 Å². The Labute approximate surface area is 112 Å². The Morgan fingerprint density at radius 1 is 1.39 bits per heavy atom. The Morgan fingerprint density at radius 3 is 2.56 bits per heavy atom. The van der Waals surface area contributed by atoms with Gasteiger partial charge in [0.15, 0.2) is 0 Å². The first-order chi connectivity index (χ1) is 8.61. The van der Waals surface area contributed by atoms with Gasteiger partial charge in [-0.05, 0) is 38.5 Å². The third-order valence-corrected chi connectivity index (χ3v) is 5.21. The zero-order valence-electron chi connectivity index (χ0n) is 11.1. The Bertz CT molecular complexity index is 419. The molecule has 0 spiro atoms. The molecule has 0 saturated heterocycles. The molecule has 1 aromatic rings. The summed E-state index contributed by atoms with van der Waals surface area (Å²) in [6, 6.07) is 0. The van der Waals surface area contributed by atoms with Crippen LogP contribution in [0.5, 0.6) is 0 Å². The maximum atomic E-state index is 11.0. The van der Waals surface area contributed by atoms with E-state index in [1.165, 1.54) is 49.9 Å². The summed E-state index contributed by atoms with van der Waals surface area (Å²) < 4.78 is 0. The van der Waals surface area contributed by atoms with Crippen molar-refractivity contribution in [2.45, 2.75) is 58.3 Å². The highest BCUT2D eigenvalue weighted by molar-refractivity contribution is 7.13. The summed E-state index contributed by atoms with van der Waals surface area (Å²) in [6.07, 6.45) is 7.52. The van der Waals surface area contributed by atoms with Crippen molar-refractivity contribution in [3.05, 3.63) is 15.6 Å². The van der Waals surface area contributed by atoms with Gasteiger partial charge in [0.05, 0.1) is 10.7 Å². The zero-order chi connectivity index (χ0) is 13.1. The summed E-state index contributed by atoms with van der Waals surface area (Å²) in [5, 5.41) is 10.1. The molecule has 1 N–H and O–H groups in total. The number of rotatable bonds is 4. The number of carboxylic acid groups (broad SMARTS) is 1. The van der Waals surface area contributed by atoms with Gasteiger partial charge in [-0.15, -0.1) is 11.3 Å². The third-order valence-electron chi connectivity index (χ3n) is 3.90. The molecule has 4 heteroatoms. The average molecular weight is 267 g/mol. The first-order valence-corrected chi connectivity index (χ1v) is 7.64. The predicted molar refractivity (Wildman–Crippen MR) is 73.4 cm³/mol. The van der Waals surface area contributed by atoms with E-state index < -0.39 is 5.97 Å². The maximum Gasteiger partial charge on any atom is 0.347 e. The van der Waals surface area contributed by atoms with Crippen LogP contribution in [0.25, 0.3) is 0 Å². The molecule has 100 valence electrons. The summed E-state index contributed by atoms with van der Waals surface area (Å²) >= 11 is 1.38. The highest BCUT2D eigenvalue weighted by Crippen LogP contribution is 2.39. The minimum atomic E-state index is -0.837. The van der Waals surface area contributed by atoms with E-state index in [0.717, 1.165) is 10.9 Å². The molecule has 18 heavy (non-hydrogen) atoms. The van der Waals surface area contributed by atoms with E-state index in [9.17, 15) is 4.79 Å².